The van der Waals surface area contributed by atoms with Gasteiger partial charge in [-0.1, -0.05) is 24.3 Å². The van der Waals surface area contributed by atoms with E-state index in [1.165, 1.54) is 6.20 Å². The van der Waals surface area contributed by atoms with Crippen LogP contribution in [0.2, 0.25) is 0 Å². The van der Waals surface area contributed by atoms with Gasteiger partial charge in [0.15, 0.2) is 5.69 Å². The highest BCUT2D eigenvalue weighted by atomic mass is 32.1. The first-order valence-electron chi connectivity index (χ1n) is 5.13. The second-order valence-corrected chi connectivity index (χ2v) is 4.05. The van der Waals surface area contributed by atoms with Gasteiger partial charge in [0.05, 0.1) is 17.9 Å². The normalized spacial score (nSPS) is 10.2. The lowest BCUT2D eigenvalue weighted by atomic mass is 10.1. The fraction of sp³-hybridized carbons (Fsp3) is 0.182. The highest BCUT2D eigenvalue weighted by Gasteiger charge is 2.07. The molecule has 0 saturated carbocycles. The van der Waals surface area contributed by atoms with Crippen LogP contribution in [0.25, 0.3) is 0 Å². The molecule has 1 amide bonds. The van der Waals surface area contributed by atoms with E-state index < -0.39 is 0 Å². The van der Waals surface area contributed by atoms with Gasteiger partial charge in [-0.05, 0) is 11.1 Å². The maximum absolute atomic E-state index is 11.6. The molecule has 1 aromatic heterocycles. The molecule has 0 spiro atoms. The minimum Gasteiger partial charge on any atom is -0.347 e. The summed E-state index contributed by atoms with van der Waals surface area (Å²) in [5.74, 6) is -0.207. The first-order chi connectivity index (χ1) is 8.29. The van der Waals surface area contributed by atoms with E-state index in [9.17, 15) is 4.79 Å². The Kier molecular flexibility index (Phi) is 3.79. The van der Waals surface area contributed by atoms with Crippen molar-refractivity contribution in [3.05, 3.63) is 47.3 Å². The Morgan fingerprint density at radius 1 is 1.29 bits per heavy atom. The second kappa shape index (κ2) is 5.51. The van der Waals surface area contributed by atoms with E-state index in [4.69, 9.17) is 5.73 Å². The van der Waals surface area contributed by atoms with Crippen LogP contribution in [0.1, 0.15) is 21.6 Å². The lowest BCUT2D eigenvalue weighted by Gasteiger charge is -2.04. The molecule has 0 aliphatic rings. The summed E-state index contributed by atoms with van der Waals surface area (Å²) in [6, 6.07) is 7.79. The van der Waals surface area contributed by atoms with Gasteiger partial charge in [-0.2, -0.15) is 8.75 Å². The van der Waals surface area contributed by atoms with Gasteiger partial charge >= 0.3 is 0 Å². The molecule has 0 radical (unpaired) electrons. The van der Waals surface area contributed by atoms with Gasteiger partial charge < -0.3 is 11.1 Å². The number of benzene rings is 1. The van der Waals surface area contributed by atoms with Gasteiger partial charge in [0.25, 0.3) is 5.91 Å². The molecule has 0 atom stereocenters. The van der Waals surface area contributed by atoms with Crippen molar-refractivity contribution in [2.24, 2.45) is 5.73 Å². The second-order valence-electron chi connectivity index (χ2n) is 3.50. The summed E-state index contributed by atoms with van der Waals surface area (Å²) in [6.45, 7) is 0.998. The van der Waals surface area contributed by atoms with Crippen molar-refractivity contribution in [3.8, 4) is 0 Å². The van der Waals surface area contributed by atoms with Crippen molar-refractivity contribution in [3.63, 3.8) is 0 Å². The molecule has 3 N–H and O–H groups in total. The Labute approximate surface area is 103 Å². The molecule has 0 aliphatic heterocycles. The zero-order chi connectivity index (χ0) is 12.1. The molecular formula is C11H12N4OS. The summed E-state index contributed by atoms with van der Waals surface area (Å²) in [4.78, 5) is 11.6. The number of amides is 1. The third kappa shape index (κ3) is 3.08. The molecule has 5 nitrogen and oxygen atoms in total. The third-order valence-corrected chi connectivity index (χ3v) is 2.78. The predicted molar refractivity (Wildman–Crippen MR) is 65.4 cm³/mol. The van der Waals surface area contributed by atoms with Crippen LogP contribution >= 0.6 is 11.7 Å². The Bertz CT molecular complexity index is 481. The molecule has 88 valence electrons. The first kappa shape index (κ1) is 11.7. The molecule has 0 bridgehead atoms. The van der Waals surface area contributed by atoms with Gasteiger partial charge in [0.1, 0.15) is 0 Å². The van der Waals surface area contributed by atoms with Crippen LogP contribution in [-0.2, 0) is 13.1 Å². The quantitative estimate of drug-likeness (QED) is 0.843. The average molecular weight is 248 g/mol. The highest BCUT2D eigenvalue weighted by molar-refractivity contribution is 6.99. The number of nitrogens with zero attached hydrogens (tertiary/aromatic N) is 2. The number of nitrogens with two attached hydrogens (primary N) is 1. The standard InChI is InChI=1S/C11H12N4OS/c12-5-8-1-3-9(4-2-8)6-13-11(16)10-7-14-17-15-10/h1-4,7H,5-6,12H2,(H,13,16). The lowest BCUT2D eigenvalue weighted by Crippen LogP contribution is -2.22. The van der Waals surface area contributed by atoms with Crippen LogP contribution in [0.3, 0.4) is 0 Å². The molecule has 17 heavy (non-hydrogen) atoms. The lowest BCUT2D eigenvalue weighted by molar-refractivity contribution is 0.0947. The largest absolute Gasteiger partial charge is 0.347 e. The molecule has 2 rings (SSSR count). The summed E-state index contributed by atoms with van der Waals surface area (Å²) in [6.07, 6.45) is 1.46. The first-order valence-corrected chi connectivity index (χ1v) is 5.86. The molecule has 6 heteroatoms. The van der Waals surface area contributed by atoms with Crippen molar-refractivity contribution < 1.29 is 4.79 Å². The van der Waals surface area contributed by atoms with Crippen LogP contribution in [0.5, 0.6) is 0 Å². The average Bonchev–Trinajstić information content (AvgIpc) is 2.90. The molecule has 0 aliphatic carbocycles. The fourth-order valence-corrected chi connectivity index (χ4v) is 1.74. The van der Waals surface area contributed by atoms with E-state index in [1.54, 1.807) is 0 Å². The Morgan fingerprint density at radius 3 is 2.59 bits per heavy atom. The Morgan fingerprint density at radius 2 is 2.00 bits per heavy atom. The summed E-state index contributed by atoms with van der Waals surface area (Å²) in [5, 5.41) is 2.77. The number of hydrogen-bond donors (Lipinski definition) is 2. The molecule has 1 aromatic carbocycles. The predicted octanol–water partition coefficient (Wildman–Crippen LogP) is 0.927. The van der Waals surface area contributed by atoms with Crippen molar-refractivity contribution in [2.75, 3.05) is 0 Å². The Hall–Kier alpha value is -1.79. The van der Waals surface area contributed by atoms with Crippen LogP contribution in [-0.4, -0.2) is 14.7 Å². The molecular weight excluding hydrogens is 236 g/mol. The number of nitrogens with one attached hydrogen (secondary N) is 1. The van der Waals surface area contributed by atoms with E-state index in [0.717, 1.165) is 22.9 Å². The highest BCUT2D eigenvalue weighted by Crippen LogP contribution is 2.04. The van der Waals surface area contributed by atoms with E-state index in [0.29, 0.717) is 18.8 Å². The summed E-state index contributed by atoms with van der Waals surface area (Å²) in [7, 11) is 0. The number of hydrogen-bond acceptors (Lipinski definition) is 5. The molecule has 1 heterocycles. The summed E-state index contributed by atoms with van der Waals surface area (Å²) in [5.41, 5.74) is 7.96. The van der Waals surface area contributed by atoms with Crippen molar-refractivity contribution in [1.82, 2.24) is 14.1 Å². The molecule has 0 saturated heterocycles. The molecule has 2 aromatic rings. The smallest absolute Gasteiger partial charge is 0.272 e. The van der Waals surface area contributed by atoms with Gasteiger partial charge in [0.2, 0.25) is 0 Å². The van der Waals surface area contributed by atoms with E-state index >= 15 is 0 Å². The summed E-state index contributed by atoms with van der Waals surface area (Å²) < 4.78 is 7.63. The van der Waals surface area contributed by atoms with Gasteiger partial charge in [-0.3, -0.25) is 4.79 Å². The van der Waals surface area contributed by atoms with E-state index in [2.05, 4.69) is 14.1 Å². The van der Waals surface area contributed by atoms with Crippen LogP contribution in [0, 0.1) is 0 Å². The molecule has 0 fully saturated rings. The minimum atomic E-state index is -0.207. The monoisotopic (exact) mass is 248 g/mol. The minimum absolute atomic E-state index is 0.207. The zero-order valence-electron chi connectivity index (χ0n) is 9.09. The van der Waals surface area contributed by atoms with E-state index in [1.807, 2.05) is 24.3 Å². The van der Waals surface area contributed by atoms with Crippen LogP contribution < -0.4 is 11.1 Å². The fourth-order valence-electron chi connectivity index (χ4n) is 1.33. The van der Waals surface area contributed by atoms with Crippen LogP contribution in [0.15, 0.2) is 30.5 Å². The summed E-state index contributed by atoms with van der Waals surface area (Å²) >= 11 is 1.02. The van der Waals surface area contributed by atoms with E-state index in [-0.39, 0.29) is 5.91 Å². The van der Waals surface area contributed by atoms with Gasteiger partial charge in [-0.15, -0.1) is 0 Å². The van der Waals surface area contributed by atoms with Gasteiger partial charge in [-0.25, -0.2) is 0 Å². The molecule has 0 unspecified atom stereocenters. The topological polar surface area (TPSA) is 80.9 Å². The Balaban J connectivity index is 1.91. The number of aromatic nitrogens is 2. The maximum atomic E-state index is 11.6. The third-order valence-electron chi connectivity index (χ3n) is 2.31. The van der Waals surface area contributed by atoms with Crippen LogP contribution in [0.4, 0.5) is 0 Å². The van der Waals surface area contributed by atoms with Crippen molar-refractivity contribution in [2.45, 2.75) is 13.1 Å². The van der Waals surface area contributed by atoms with Gasteiger partial charge in [0, 0.05) is 13.1 Å². The van der Waals surface area contributed by atoms with Crippen molar-refractivity contribution >= 4 is 17.6 Å². The number of carbonyl (C=O) groups is 1. The number of carbonyl (C=O) groups excluding carboxylic acids is 1. The van der Waals surface area contributed by atoms with Crippen molar-refractivity contribution in [1.29, 1.82) is 0 Å². The SMILES string of the molecule is NCc1ccc(CNC(=O)c2cnsn2)cc1. The number of rotatable bonds is 4. The maximum Gasteiger partial charge on any atom is 0.272 e. The zero-order valence-corrected chi connectivity index (χ0v) is 9.91.